The molecule has 90 valence electrons. The van der Waals surface area contributed by atoms with Gasteiger partial charge in [-0.2, -0.15) is 0 Å². The molecule has 0 atom stereocenters. The third-order valence-electron chi connectivity index (χ3n) is 2.28. The summed E-state index contributed by atoms with van der Waals surface area (Å²) in [5, 5.41) is 3.24. The molecule has 0 radical (unpaired) electrons. The third-order valence-corrected chi connectivity index (χ3v) is 2.78. The van der Waals surface area contributed by atoms with Gasteiger partial charge in [-0.1, -0.05) is 15.9 Å². The molecule has 0 aliphatic heterocycles. The average Bonchev–Trinajstić information content (AvgIpc) is 2.22. The molecule has 1 aromatic rings. The van der Waals surface area contributed by atoms with Crippen molar-refractivity contribution in [3.8, 4) is 0 Å². The molecule has 1 aromatic carbocycles. The Kier molecular flexibility index (Phi) is 5.95. The Hall–Kier alpha value is -0.450. The zero-order valence-electron chi connectivity index (χ0n) is 9.76. The first-order chi connectivity index (χ1) is 7.59. The Bertz CT molecular complexity index is 329. The second-order valence-electron chi connectivity index (χ2n) is 4.07. The second kappa shape index (κ2) is 6.99. The molecular weight excluding hydrogens is 271 g/mol. The number of rotatable bonds is 6. The van der Waals surface area contributed by atoms with Gasteiger partial charge in [0.05, 0.1) is 0 Å². The molecule has 1 rings (SSSR count). The lowest BCUT2D eigenvalue weighted by Crippen LogP contribution is -2.21. The summed E-state index contributed by atoms with van der Waals surface area (Å²) in [6.07, 6.45) is 1.07. The van der Waals surface area contributed by atoms with Gasteiger partial charge in [0.15, 0.2) is 0 Å². The number of nitrogens with one attached hydrogen (secondary N) is 1. The first-order valence-electron chi connectivity index (χ1n) is 5.39. The van der Waals surface area contributed by atoms with E-state index in [1.54, 1.807) is 6.07 Å². The highest BCUT2D eigenvalue weighted by Gasteiger charge is 2.01. The van der Waals surface area contributed by atoms with Crippen molar-refractivity contribution in [2.45, 2.75) is 13.0 Å². The molecule has 0 bridgehead atoms. The SMILES string of the molecule is CN(C)CCCNCc1cc(Br)ccc1F. The van der Waals surface area contributed by atoms with Crippen LogP contribution >= 0.6 is 15.9 Å². The highest BCUT2D eigenvalue weighted by Crippen LogP contribution is 2.15. The van der Waals surface area contributed by atoms with Gasteiger partial charge in [0.25, 0.3) is 0 Å². The van der Waals surface area contributed by atoms with E-state index >= 15 is 0 Å². The fourth-order valence-corrected chi connectivity index (χ4v) is 1.83. The normalized spacial score (nSPS) is 11.1. The van der Waals surface area contributed by atoms with Crippen molar-refractivity contribution in [1.82, 2.24) is 10.2 Å². The molecule has 0 unspecified atom stereocenters. The number of nitrogens with zero attached hydrogens (tertiary/aromatic N) is 1. The lowest BCUT2D eigenvalue weighted by molar-refractivity contribution is 0.394. The van der Waals surface area contributed by atoms with Gasteiger partial charge in [0.1, 0.15) is 5.82 Å². The van der Waals surface area contributed by atoms with Crippen molar-refractivity contribution in [1.29, 1.82) is 0 Å². The summed E-state index contributed by atoms with van der Waals surface area (Å²) in [6, 6.07) is 5.01. The number of hydrogen-bond donors (Lipinski definition) is 1. The van der Waals surface area contributed by atoms with Gasteiger partial charge < -0.3 is 10.2 Å². The maximum absolute atomic E-state index is 13.3. The van der Waals surface area contributed by atoms with Crippen molar-refractivity contribution < 1.29 is 4.39 Å². The minimum absolute atomic E-state index is 0.150. The van der Waals surface area contributed by atoms with Crippen LogP contribution in [0.15, 0.2) is 22.7 Å². The van der Waals surface area contributed by atoms with Crippen molar-refractivity contribution in [2.75, 3.05) is 27.2 Å². The molecular formula is C12H18BrFN2. The van der Waals surface area contributed by atoms with E-state index < -0.39 is 0 Å². The summed E-state index contributed by atoms with van der Waals surface area (Å²) in [5.41, 5.74) is 0.708. The van der Waals surface area contributed by atoms with E-state index in [9.17, 15) is 4.39 Å². The van der Waals surface area contributed by atoms with Crippen LogP contribution in [-0.2, 0) is 6.54 Å². The molecule has 0 spiro atoms. The highest BCUT2D eigenvalue weighted by molar-refractivity contribution is 9.10. The van der Waals surface area contributed by atoms with Crippen LogP contribution in [0.4, 0.5) is 4.39 Å². The Morgan fingerprint density at radius 1 is 1.38 bits per heavy atom. The molecule has 2 nitrogen and oxygen atoms in total. The monoisotopic (exact) mass is 288 g/mol. The molecule has 0 amide bonds. The summed E-state index contributed by atoms with van der Waals surface area (Å²) < 4.78 is 14.3. The lowest BCUT2D eigenvalue weighted by atomic mass is 10.2. The van der Waals surface area contributed by atoms with E-state index in [-0.39, 0.29) is 5.82 Å². The average molecular weight is 289 g/mol. The highest BCUT2D eigenvalue weighted by atomic mass is 79.9. The van der Waals surface area contributed by atoms with Crippen molar-refractivity contribution >= 4 is 15.9 Å². The van der Waals surface area contributed by atoms with Crippen LogP contribution in [-0.4, -0.2) is 32.1 Å². The minimum Gasteiger partial charge on any atom is -0.313 e. The lowest BCUT2D eigenvalue weighted by Gasteiger charge is -2.10. The van der Waals surface area contributed by atoms with Crippen LogP contribution in [0.25, 0.3) is 0 Å². The van der Waals surface area contributed by atoms with E-state index in [1.165, 1.54) is 6.07 Å². The molecule has 0 saturated carbocycles. The maximum Gasteiger partial charge on any atom is 0.127 e. The quantitative estimate of drug-likeness (QED) is 0.810. The Morgan fingerprint density at radius 3 is 2.81 bits per heavy atom. The van der Waals surface area contributed by atoms with Gasteiger partial charge in [0, 0.05) is 16.6 Å². The summed E-state index contributed by atoms with van der Waals surface area (Å²) in [7, 11) is 4.10. The molecule has 0 saturated heterocycles. The van der Waals surface area contributed by atoms with Crippen LogP contribution in [0.5, 0.6) is 0 Å². The zero-order valence-corrected chi connectivity index (χ0v) is 11.3. The topological polar surface area (TPSA) is 15.3 Å². The molecule has 16 heavy (non-hydrogen) atoms. The van der Waals surface area contributed by atoms with Crippen LogP contribution < -0.4 is 5.32 Å². The number of hydrogen-bond acceptors (Lipinski definition) is 2. The fourth-order valence-electron chi connectivity index (χ4n) is 1.42. The van der Waals surface area contributed by atoms with Crippen molar-refractivity contribution in [3.63, 3.8) is 0 Å². The maximum atomic E-state index is 13.3. The van der Waals surface area contributed by atoms with Gasteiger partial charge in [-0.3, -0.25) is 0 Å². The minimum atomic E-state index is -0.150. The first kappa shape index (κ1) is 13.6. The van der Waals surface area contributed by atoms with Gasteiger partial charge in [-0.05, 0) is 51.8 Å². The Morgan fingerprint density at radius 2 is 2.12 bits per heavy atom. The van der Waals surface area contributed by atoms with Crippen molar-refractivity contribution in [3.05, 3.63) is 34.1 Å². The predicted molar refractivity (Wildman–Crippen MR) is 69.0 cm³/mol. The molecule has 0 aliphatic carbocycles. The Balaban J connectivity index is 2.29. The summed E-state index contributed by atoms with van der Waals surface area (Å²) >= 11 is 3.34. The fraction of sp³-hybridized carbons (Fsp3) is 0.500. The van der Waals surface area contributed by atoms with Crippen LogP contribution in [0.2, 0.25) is 0 Å². The third kappa shape index (κ3) is 5.05. The Labute approximate surface area is 105 Å². The molecule has 1 N–H and O–H groups in total. The van der Waals surface area contributed by atoms with E-state index in [4.69, 9.17) is 0 Å². The summed E-state index contributed by atoms with van der Waals surface area (Å²) in [5.74, 6) is -0.150. The number of halogens is 2. The van der Waals surface area contributed by atoms with E-state index in [0.29, 0.717) is 12.1 Å². The summed E-state index contributed by atoms with van der Waals surface area (Å²) in [4.78, 5) is 2.14. The van der Waals surface area contributed by atoms with Crippen LogP contribution in [0, 0.1) is 5.82 Å². The zero-order chi connectivity index (χ0) is 12.0. The van der Waals surface area contributed by atoms with E-state index in [2.05, 4.69) is 26.1 Å². The van der Waals surface area contributed by atoms with E-state index in [0.717, 1.165) is 24.0 Å². The predicted octanol–water partition coefficient (Wildman–Crippen LogP) is 2.63. The van der Waals surface area contributed by atoms with Gasteiger partial charge >= 0.3 is 0 Å². The molecule has 0 aliphatic rings. The van der Waals surface area contributed by atoms with Crippen molar-refractivity contribution in [2.24, 2.45) is 0 Å². The smallest absolute Gasteiger partial charge is 0.127 e. The molecule has 4 heteroatoms. The van der Waals surface area contributed by atoms with Gasteiger partial charge in [-0.25, -0.2) is 4.39 Å². The molecule has 0 fully saturated rings. The number of benzene rings is 1. The van der Waals surface area contributed by atoms with Gasteiger partial charge in [0.2, 0.25) is 0 Å². The van der Waals surface area contributed by atoms with Gasteiger partial charge in [-0.15, -0.1) is 0 Å². The van der Waals surface area contributed by atoms with E-state index in [1.807, 2.05) is 20.2 Å². The second-order valence-corrected chi connectivity index (χ2v) is 4.99. The first-order valence-corrected chi connectivity index (χ1v) is 6.18. The molecule has 0 aromatic heterocycles. The molecule has 0 heterocycles. The standard InChI is InChI=1S/C12H18BrFN2/c1-16(2)7-3-6-15-9-10-8-11(13)4-5-12(10)14/h4-5,8,15H,3,6-7,9H2,1-2H3. The largest absolute Gasteiger partial charge is 0.313 e. The summed E-state index contributed by atoms with van der Waals surface area (Å²) in [6.45, 7) is 2.54. The van der Waals surface area contributed by atoms with Crippen LogP contribution in [0.3, 0.4) is 0 Å². The van der Waals surface area contributed by atoms with Crippen LogP contribution in [0.1, 0.15) is 12.0 Å².